The van der Waals surface area contributed by atoms with Crippen LogP contribution in [0.2, 0.25) is 0 Å². The number of imidazole rings is 1. The lowest BCUT2D eigenvalue weighted by Gasteiger charge is -2.27. The molecule has 1 aliphatic carbocycles. The predicted molar refractivity (Wildman–Crippen MR) is 74.0 cm³/mol. The van der Waals surface area contributed by atoms with Gasteiger partial charge in [-0.3, -0.25) is 0 Å². The molecule has 1 N–H and O–H groups in total. The highest BCUT2D eigenvalue weighted by Gasteiger charge is 2.30. The summed E-state index contributed by atoms with van der Waals surface area (Å²) in [6.45, 7) is 7.21. The van der Waals surface area contributed by atoms with Gasteiger partial charge in [-0.2, -0.15) is 0 Å². The maximum absolute atomic E-state index is 5.24. The number of hydrogen-bond donors (Lipinski definition) is 1. The Morgan fingerprint density at radius 1 is 1.50 bits per heavy atom. The molecule has 2 rings (SSSR count). The van der Waals surface area contributed by atoms with Crippen LogP contribution in [0.1, 0.15) is 51.3 Å². The maximum Gasteiger partial charge on any atom is 0.203 e. The van der Waals surface area contributed by atoms with E-state index in [0.717, 1.165) is 11.6 Å². The lowest BCUT2D eigenvalue weighted by Crippen LogP contribution is -2.33. The molecule has 1 aliphatic rings. The second-order valence-electron chi connectivity index (χ2n) is 5.81. The van der Waals surface area contributed by atoms with E-state index in [2.05, 4.69) is 34.9 Å². The fourth-order valence-corrected chi connectivity index (χ4v) is 2.82. The van der Waals surface area contributed by atoms with Gasteiger partial charge in [0.2, 0.25) is 5.95 Å². The van der Waals surface area contributed by atoms with Gasteiger partial charge < -0.3 is 14.6 Å². The number of nitrogens with one attached hydrogen (secondary N) is 1. The SMILES string of the molecule is COCC(C)n1cc(C)nc1NC1(C)CCCC1. The summed E-state index contributed by atoms with van der Waals surface area (Å²) in [5.74, 6) is 0.987. The monoisotopic (exact) mass is 251 g/mol. The number of anilines is 1. The van der Waals surface area contributed by atoms with E-state index in [4.69, 9.17) is 4.74 Å². The third-order valence-electron chi connectivity index (χ3n) is 3.86. The molecule has 0 aliphatic heterocycles. The molecule has 4 nitrogen and oxygen atoms in total. The zero-order valence-corrected chi connectivity index (χ0v) is 12.0. The van der Waals surface area contributed by atoms with Gasteiger partial charge in [-0.15, -0.1) is 0 Å². The number of rotatable bonds is 5. The molecule has 1 saturated carbocycles. The third-order valence-corrected chi connectivity index (χ3v) is 3.86. The number of methoxy groups -OCH3 is 1. The van der Waals surface area contributed by atoms with Crippen LogP contribution >= 0.6 is 0 Å². The number of nitrogens with zero attached hydrogens (tertiary/aromatic N) is 2. The molecule has 0 bridgehead atoms. The van der Waals surface area contributed by atoms with E-state index >= 15 is 0 Å². The zero-order chi connectivity index (χ0) is 13.2. The molecule has 0 amide bonds. The Labute approximate surface area is 110 Å². The molecule has 18 heavy (non-hydrogen) atoms. The summed E-state index contributed by atoms with van der Waals surface area (Å²) in [5.41, 5.74) is 1.27. The van der Waals surface area contributed by atoms with E-state index in [1.807, 2.05) is 6.92 Å². The zero-order valence-electron chi connectivity index (χ0n) is 12.0. The van der Waals surface area contributed by atoms with Crippen LogP contribution < -0.4 is 5.32 Å². The average Bonchev–Trinajstić information content (AvgIpc) is 2.86. The predicted octanol–water partition coefficient (Wildman–Crippen LogP) is 3.14. The van der Waals surface area contributed by atoms with E-state index in [9.17, 15) is 0 Å². The van der Waals surface area contributed by atoms with Crippen LogP contribution in [0.3, 0.4) is 0 Å². The minimum absolute atomic E-state index is 0.211. The molecular formula is C14H25N3O. The molecule has 1 heterocycles. The van der Waals surface area contributed by atoms with Crippen molar-refractivity contribution in [2.24, 2.45) is 0 Å². The van der Waals surface area contributed by atoms with E-state index < -0.39 is 0 Å². The Balaban J connectivity index is 2.16. The Kier molecular flexibility index (Phi) is 3.95. The molecule has 102 valence electrons. The lowest BCUT2D eigenvalue weighted by molar-refractivity contribution is 0.162. The first-order valence-electron chi connectivity index (χ1n) is 6.87. The van der Waals surface area contributed by atoms with Gasteiger partial charge in [0, 0.05) is 18.8 Å². The van der Waals surface area contributed by atoms with E-state index in [1.54, 1.807) is 7.11 Å². The van der Waals surface area contributed by atoms with Crippen molar-refractivity contribution in [3.8, 4) is 0 Å². The molecule has 0 aromatic carbocycles. The van der Waals surface area contributed by atoms with Crippen molar-refractivity contribution in [1.82, 2.24) is 9.55 Å². The molecule has 1 aromatic heterocycles. The summed E-state index contributed by atoms with van der Waals surface area (Å²) in [5, 5.41) is 3.64. The van der Waals surface area contributed by atoms with Crippen molar-refractivity contribution >= 4 is 5.95 Å². The van der Waals surface area contributed by atoms with Crippen LogP contribution in [-0.4, -0.2) is 28.8 Å². The van der Waals surface area contributed by atoms with Crippen LogP contribution in [0.25, 0.3) is 0 Å². The highest BCUT2D eigenvalue weighted by Crippen LogP contribution is 2.32. The highest BCUT2D eigenvalue weighted by molar-refractivity contribution is 5.34. The minimum atomic E-state index is 0.211. The summed E-state index contributed by atoms with van der Waals surface area (Å²) in [6.07, 6.45) is 7.20. The molecule has 1 unspecified atom stereocenters. The molecule has 1 aromatic rings. The van der Waals surface area contributed by atoms with Crippen molar-refractivity contribution in [3.05, 3.63) is 11.9 Å². The van der Waals surface area contributed by atoms with Gasteiger partial charge in [0.1, 0.15) is 0 Å². The largest absolute Gasteiger partial charge is 0.383 e. The van der Waals surface area contributed by atoms with Crippen LogP contribution in [0.5, 0.6) is 0 Å². The first kappa shape index (κ1) is 13.4. The first-order chi connectivity index (χ1) is 8.54. The number of aromatic nitrogens is 2. The van der Waals surface area contributed by atoms with Crippen LogP contribution in [-0.2, 0) is 4.74 Å². The van der Waals surface area contributed by atoms with Gasteiger partial charge in [-0.05, 0) is 33.6 Å². The van der Waals surface area contributed by atoms with Crippen molar-refractivity contribution in [3.63, 3.8) is 0 Å². The van der Waals surface area contributed by atoms with E-state index in [1.165, 1.54) is 25.7 Å². The second kappa shape index (κ2) is 5.31. The van der Waals surface area contributed by atoms with Crippen LogP contribution in [0, 0.1) is 6.92 Å². The summed E-state index contributed by atoms with van der Waals surface area (Å²) >= 11 is 0. The van der Waals surface area contributed by atoms with Gasteiger partial charge in [-0.25, -0.2) is 4.98 Å². The Bertz CT molecular complexity index is 394. The molecule has 4 heteroatoms. The summed E-state index contributed by atoms with van der Waals surface area (Å²) in [6, 6.07) is 0.309. The van der Waals surface area contributed by atoms with Crippen LogP contribution in [0.15, 0.2) is 6.20 Å². The van der Waals surface area contributed by atoms with Crippen molar-refractivity contribution in [2.45, 2.75) is 58.0 Å². The van der Waals surface area contributed by atoms with Gasteiger partial charge in [0.15, 0.2) is 0 Å². The maximum atomic E-state index is 5.24. The van der Waals surface area contributed by atoms with Crippen LogP contribution in [0.4, 0.5) is 5.95 Å². The Morgan fingerprint density at radius 3 is 2.78 bits per heavy atom. The lowest BCUT2D eigenvalue weighted by atomic mass is 10.0. The topological polar surface area (TPSA) is 39.1 Å². The van der Waals surface area contributed by atoms with Gasteiger partial charge >= 0.3 is 0 Å². The molecule has 0 radical (unpaired) electrons. The average molecular weight is 251 g/mol. The highest BCUT2D eigenvalue weighted by atomic mass is 16.5. The molecule has 1 fully saturated rings. The first-order valence-corrected chi connectivity index (χ1v) is 6.87. The molecule has 0 spiro atoms. The van der Waals surface area contributed by atoms with Crippen molar-refractivity contribution in [1.29, 1.82) is 0 Å². The summed E-state index contributed by atoms with van der Waals surface area (Å²) in [7, 11) is 1.74. The van der Waals surface area contributed by atoms with E-state index in [0.29, 0.717) is 12.6 Å². The second-order valence-corrected chi connectivity index (χ2v) is 5.81. The summed E-state index contributed by atoms with van der Waals surface area (Å²) in [4.78, 5) is 4.62. The minimum Gasteiger partial charge on any atom is -0.383 e. The molecular weight excluding hydrogens is 226 g/mol. The standard InChI is InChI=1S/C14H25N3O/c1-11-9-17(12(2)10-18-4)13(15-11)16-14(3)7-5-6-8-14/h9,12H,5-8,10H2,1-4H3,(H,15,16). The van der Waals surface area contributed by atoms with E-state index in [-0.39, 0.29) is 5.54 Å². The quantitative estimate of drug-likeness (QED) is 0.873. The van der Waals surface area contributed by atoms with Crippen molar-refractivity contribution in [2.75, 3.05) is 19.0 Å². The van der Waals surface area contributed by atoms with Gasteiger partial charge in [0.25, 0.3) is 0 Å². The number of aryl methyl sites for hydroxylation is 1. The fourth-order valence-electron chi connectivity index (χ4n) is 2.82. The summed E-state index contributed by atoms with van der Waals surface area (Å²) < 4.78 is 7.44. The van der Waals surface area contributed by atoms with Crippen molar-refractivity contribution < 1.29 is 4.74 Å². The Morgan fingerprint density at radius 2 is 2.17 bits per heavy atom. The number of hydrogen-bond acceptors (Lipinski definition) is 3. The normalized spacial score (nSPS) is 20.0. The molecule has 1 atom stereocenters. The molecule has 0 saturated heterocycles. The third kappa shape index (κ3) is 2.86. The van der Waals surface area contributed by atoms with Gasteiger partial charge in [-0.1, -0.05) is 12.8 Å². The Hall–Kier alpha value is -1.03. The fraction of sp³-hybridized carbons (Fsp3) is 0.786. The number of ether oxygens (including phenoxy) is 1. The smallest absolute Gasteiger partial charge is 0.203 e. The van der Waals surface area contributed by atoms with Gasteiger partial charge in [0.05, 0.1) is 18.3 Å².